The summed E-state index contributed by atoms with van der Waals surface area (Å²) in [7, 11) is 0. The summed E-state index contributed by atoms with van der Waals surface area (Å²) < 4.78 is 0. The van der Waals surface area contributed by atoms with Gasteiger partial charge in [0.15, 0.2) is 0 Å². The second-order valence-electron chi connectivity index (χ2n) is 6.36. The summed E-state index contributed by atoms with van der Waals surface area (Å²) in [5, 5.41) is 33.3. The van der Waals surface area contributed by atoms with Crippen LogP contribution in [-0.2, 0) is 28.8 Å². The molecule has 0 aromatic carbocycles. The normalized spacial score (nSPS) is 14.4. The average molecular weight is 465 g/mol. The Morgan fingerprint density at radius 3 is 1.84 bits per heavy atom. The predicted molar refractivity (Wildman–Crippen MR) is 108 cm³/mol. The van der Waals surface area contributed by atoms with E-state index < -0.39 is 79.2 Å². The van der Waals surface area contributed by atoms with Crippen molar-refractivity contribution in [3.8, 4) is 0 Å². The number of primary amides is 1. The van der Waals surface area contributed by atoms with Gasteiger partial charge in [0.05, 0.1) is 25.5 Å². The van der Waals surface area contributed by atoms with Gasteiger partial charge in [0.25, 0.3) is 0 Å². The molecule has 14 nitrogen and oxygen atoms in total. The third kappa shape index (κ3) is 11.2. The third-order valence-electron chi connectivity index (χ3n) is 3.82. The molecule has 4 atom stereocenters. The lowest BCUT2D eigenvalue weighted by Gasteiger charge is -2.23. The lowest BCUT2D eigenvalue weighted by molar-refractivity contribution is -0.147. The van der Waals surface area contributed by atoms with Crippen LogP contribution in [-0.4, -0.2) is 93.7 Å². The smallest absolute Gasteiger partial charge is 0.326 e. The zero-order chi connectivity index (χ0) is 24.1. The van der Waals surface area contributed by atoms with E-state index in [9.17, 15) is 33.9 Å². The molecule has 0 aliphatic carbocycles. The van der Waals surface area contributed by atoms with Crippen molar-refractivity contribution in [1.82, 2.24) is 16.0 Å². The molecule has 31 heavy (non-hydrogen) atoms. The molecule has 0 aromatic rings. The molecule has 0 radical (unpaired) electrons. The third-order valence-corrected chi connectivity index (χ3v) is 4.46. The van der Waals surface area contributed by atoms with E-state index in [2.05, 4.69) is 10.6 Å². The molecule has 10 N–H and O–H groups in total. The largest absolute Gasteiger partial charge is 0.481 e. The van der Waals surface area contributed by atoms with E-state index in [1.165, 1.54) is 11.8 Å². The summed E-state index contributed by atoms with van der Waals surface area (Å²) in [4.78, 5) is 69.8. The van der Waals surface area contributed by atoms with Gasteiger partial charge in [-0.25, -0.2) is 4.79 Å². The lowest BCUT2D eigenvalue weighted by Crippen LogP contribution is -2.58. The van der Waals surface area contributed by atoms with Crippen molar-refractivity contribution < 1.29 is 44.1 Å². The quantitative estimate of drug-likeness (QED) is 0.115. The molecule has 0 saturated carbocycles. The SMILES string of the molecule is CSCCC(N)C(=O)NC(CO)C(=O)NC(CC(N)=O)C(=O)NC(CC(=O)O)C(=O)O. The van der Waals surface area contributed by atoms with E-state index in [4.69, 9.17) is 21.7 Å². The summed E-state index contributed by atoms with van der Waals surface area (Å²) in [6, 6.07) is -5.99. The highest BCUT2D eigenvalue weighted by Crippen LogP contribution is 2.01. The summed E-state index contributed by atoms with van der Waals surface area (Å²) >= 11 is 1.45. The van der Waals surface area contributed by atoms with E-state index in [0.29, 0.717) is 12.2 Å². The predicted octanol–water partition coefficient (Wildman–Crippen LogP) is -4.05. The molecular formula is C16H27N5O9S. The maximum absolute atomic E-state index is 12.4. The highest BCUT2D eigenvalue weighted by molar-refractivity contribution is 7.98. The molecule has 0 heterocycles. The Kier molecular flexibility index (Phi) is 12.8. The van der Waals surface area contributed by atoms with Gasteiger partial charge in [0.2, 0.25) is 23.6 Å². The molecule has 15 heteroatoms. The molecule has 0 bridgehead atoms. The lowest BCUT2D eigenvalue weighted by atomic mass is 10.1. The Morgan fingerprint density at radius 1 is 0.871 bits per heavy atom. The van der Waals surface area contributed by atoms with Crippen LogP contribution in [0.2, 0.25) is 0 Å². The Bertz CT molecular complexity index is 690. The zero-order valence-electron chi connectivity index (χ0n) is 16.7. The number of rotatable bonds is 15. The van der Waals surface area contributed by atoms with Crippen molar-refractivity contribution in [2.75, 3.05) is 18.6 Å². The number of carbonyl (C=O) groups is 6. The highest BCUT2D eigenvalue weighted by atomic mass is 32.2. The first kappa shape index (κ1) is 28.1. The van der Waals surface area contributed by atoms with Crippen LogP contribution >= 0.6 is 11.8 Å². The van der Waals surface area contributed by atoms with Gasteiger partial charge in [0, 0.05) is 0 Å². The number of nitrogens with one attached hydrogen (secondary N) is 3. The number of hydrogen-bond acceptors (Lipinski definition) is 9. The van der Waals surface area contributed by atoms with Crippen LogP contribution < -0.4 is 27.4 Å². The molecule has 4 unspecified atom stereocenters. The van der Waals surface area contributed by atoms with E-state index in [1.807, 2.05) is 11.6 Å². The number of aliphatic hydroxyl groups is 1. The van der Waals surface area contributed by atoms with Crippen molar-refractivity contribution in [2.45, 2.75) is 43.4 Å². The molecule has 0 aromatic heterocycles. The monoisotopic (exact) mass is 465 g/mol. The van der Waals surface area contributed by atoms with Crippen LogP contribution in [0.4, 0.5) is 0 Å². The molecule has 0 rings (SSSR count). The molecule has 176 valence electrons. The van der Waals surface area contributed by atoms with Crippen LogP contribution in [0.15, 0.2) is 0 Å². The van der Waals surface area contributed by atoms with E-state index in [-0.39, 0.29) is 0 Å². The number of carboxylic acid groups (broad SMARTS) is 2. The molecule has 4 amide bonds. The van der Waals surface area contributed by atoms with Gasteiger partial charge < -0.3 is 42.7 Å². The average Bonchev–Trinajstić information content (AvgIpc) is 2.67. The first-order valence-corrected chi connectivity index (χ1v) is 10.3. The summed E-state index contributed by atoms with van der Waals surface area (Å²) in [6.07, 6.45) is 0.404. The highest BCUT2D eigenvalue weighted by Gasteiger charge is 2.31. The minimum Gasteiger partial charge on any atom is -0.481 e. The molecule has 0 spiro atoms. The second kappa shape index (κ2) is 14.2. The van der Waals surface area contributed by atoms with Gasteiger partial charge in [-0.2, -0.15) is 11.8 Å². The van der Waals surface area contributed by atoms with Gasteiger partial charge in [-0.1, -0.05) is 0 Å². The molecule has 0 aliphatic heterocycles. The Hall–Kier alpha value is -2.91. The minimum atomic E-state index is -1.83. The van der Waals surface area contributed by atoms with E-state index in [1.54, 1.807) is 0 Å². The van der Waals surface area contributed by atoms with Crippen molar-refractivity contribution in [1.29, 1.82) is 0 Å². The number of amides is 4. The second-order valence-corrected chi connectivity index (χ2v) is 7.35. The van der Waals surface area contributed by atoms with Crippen molar-refractivity contribution in [3.05, 3.63) is 0 Å². The molecule has 0 saturated heterocycles. The number of carboxylic acids is 2. The molecule has 0 fully saturated rings. The van der Waals surface area contributed by atoms with Crippen LogP contribution in [0.1, 0.15) is 19.3 Å². The van der Waals surface area contributed by atoms with Gasteiger partial charge in [0.1, 0.15) is 18.1 Å². The maximum Gasteiger partial charge on any atom is 0.326 e. The van der Waals surface area contributed by atoms with Gasteiger partial charge in [-0.05, 0) is 18.4 Å². The number of thioether (sulfide) groups is 1. The Labute approximate surface area is 181 Å². The summed E-state index contributed by atoms with van der Waals surface area (Å²) in [6.45, 7) is -0.867. The van der Waals surface area contributed by atoms with Gasteiger partial charge in [-0.15, -0.1) is 0 Å². The van der Waals surface area contributed by atoms with Crippen LogP contribution in [0.25, 0.3) is 0 Å². The van der Waals surface area contributed by atoms with Crippen molar-refractivity contribution in [2.24, 2.45) is 11.5 Å². The molecule has 0 aliphatic rings. The Morgan fingerprint density at radius 2 is 1.39 bits per heavy atom. The maximum atomic E-state index is 12.4. The fourth-order valence-corrected chi connectivity index (χ4v) is 2.67. The number of nitrogens with two attached hydrogens (primary N) is 2. The van der Waals surface area contributed by atoms with E-state index in [0.717, 1.165) is 0 Å². The van der Waals surface area contributed by atoms with Gasteiger partial charge >= 0.3 is 11.9 Å². The standard InChI is InChI=1S/C16H27N5O9S/c1-31-3-2-7(17)13(26)21-10(6-22)15(28)19-8(4-11(18)23)14(27)20-9(16(29)30)5-12(24)25/h7-10,22H,2-6,17H2,1H3,(H2,18,23)(H,19,28)(H,20,27)(H,21,26)(H,24,25)(H,29,30). The number of aliphatic carboxylic acids is 2. The van der Waals surface area contributed by atoms with Crippen LogP contribution in [0.5, 0.6) is 0 Å². The van der Waals surface area contributed by atoms with Crippen LogP contribution in [0.3, 0.4) is 0 Å². The number of hydrogen-bond donors (Lipinski definition) is 8. The Balaban J connectivity index is 5.25. The number of aliphatic hydroxyl groups excluding tert-OH is 1. The van der Waals surface area contributed by atoms with Gasteiger partial charge in [-0.3, -0.25) is 24.0 Å². The minimum absolute atomic E-state index is 0.305. The zero-order valence-corrected chi connectivity index (χ0v) is 17.5. The van der Waals surface area contributed by atoms with Crippen molar-refractivity contribution in [3.63, 3.8) is 0 Å². The summed E-state index contributed by atoms with van der Waals surface area (Å²) in [5.74, 6) is -6.61. The van der Waals surface area contributed by atoms with Crippen molar-refractivity contribution >= 4 is 47.3 Å². The van der Waals surface area contributed by atoms with Crippen LogP contribution in [0, 0.1) is 0 Å². The number of carbonyl (C=O) groups excluding carboxylic acids is 4. The first-order chi connectivity index (χ1) is 14.4. The fourth-order valence-electron chi connectivity index (χ4n) is 2.18. The topological polar surface area (TPSA) is 251 Å². The first-order valence-electron chi connectivity index (χ1n) is 8.92. The van der Waals surface area contributed by atoms with E-state index >= 15 is 0 Å². The molecular weight excluding hydrogens is 438 g/mol. The summed E-state index contributed by atoms with van der Waals surface area (Å²) in [5.41, 5.74) is 10.7. The fraction of sp³-hybridized carbons (Fsp3) is 0.625.